The Labute approximate surface area is 96.4 Å². The van der Waals surface area contributed by atoms with E-state index in [-0.39, 0.29) is 17.7 Å². The average molecular weight is 227 g/mol. The molecule has 0 aromatic heterocycles. The summed E-state index contributed by atoms with van der Waals surface area (Å²) in [6.07, 6.45) is 3.33. The van der Waals surface area contributed by atoms with Crippen molar-refractivity contribution in [3.63, 3.8) is 0 Å². The summed E-state index contributed by atoms with van der Waals surface area (Å²) >= 11 is 0. The van der Waals surface area contributed by atoms with E-state index in [1.54, 1.807) is 0 Å². The van der Waals surface area contributed by atoms with E-state index in [9.17, 15) is 9.59 Å². The molecule has 1 fully saturated rings. The van der Waals surface area contributed by atoms with Crippen molar-refractivity contribution in [2.75, 3.05) is 6.54 Å². The minimum Gasteiger partial charge on any atom is -0.481 e. The van der Waals surface area contributed by atoms with Gasteiger partial charge in [0.2, 0.25) is 5.91 Å². The largest absolute Gasteiger partial charge is 0.481 e. The van der Waals surface area contributed by atoms with Gasteiger partial charge >= 0.3 is 5.97 Å². The highest BCUT2D eigenvalue weighted by molar-refractivity contribution is 5.76. The maximum absolute atomic E-state index is 11.4. The van der Waals surface area contributed by atoms with E-state index in [1.165, 1.54) is 12.8 Å². The predicted octanol–water partition coefficient (Wildman–Crippen LogP) is 1.79. The number of nitrogens with one attached hydrogen (secondary N) is 1. The number of carbonyl (C=O) groups is 2. The number of rotatable bonds is 7. The highest BCUT2D eigenvalue weighted by Crippen LogP contribution is 2.44. The first-order valence-corrected chi connectivity index (χ1v) is 5.90. The van der Waals surface area contributed by atoms with Crippen molar-refractivity contribution < 1.29 is 14.7 Å². The Kier molecular flexibility index (Phi) is 4.33. The lowest BCUT2D eigenvalue weighted by Gasteiger charge is -2.24. The molecule has 0 radical (unpaired) electrons. The molecule has 1 rings (SSSR count). The fraction of sp³-hybridized carbons (Fsp3) is 0.833. The Morgan fingerprint density at radius 3 is 2.44 bits per heavy atom. The summed E-state index contributed by atoms with van der Waals surface area (Å²) in [5.41, 5.74) is 0.183. The summed E-state index contributed by atoms with van der Waals surface area (Å²) < 4.78 is 0. The van der Waals surface area contributed by atoms with Crippen molar-refractivity contribution in [2.45, 2.75) is 46.0 Å². The maximum atomic E-state index is 11.4. The zero-order chi connectivity index (χ0) is 12.2. The minimum absolute atomic E-state index is 0.0324. The van der Waals surface area contributed by atoms with E-state index in [0.717, 1.165) is 5.92 Å². The summed E-state index contributed by atoms with van der Waals surface area (Å²) in [6.45, 7) is 5.04. The Hall–Kier alpha value is -1.06. The molecule has 1 aliphatic rings. The maximum Gasteiger partial charge on any atom is 0.303 e. The molecular weight excluding hydrogens is 206 g/mol. The average Bonchev–Trinajstić information content (AvgIpc) is 2.97. The molecule has 0 aliphatic heterocycles. The number of carbonyl (C=O) groups excluding carboxylic acids is 1. The van der Waals surface area contributed by atoms with Crippen molar-refractivity contribution in [1.82, 2.24) is 5.32 Å². The van der Waals surface area contributed by atoms with Gasteiger partial charge in [-0.2, -0.15) is 0 Å². The van der Waals surface area contributed by atoms with Crippen molar-refractivity contribution in [2.24, 2.45) is 11.3 Å². The number of carboxylic acids is 1. The molecule has 0 saturated heterocycles. The van der Waals surface area contributed by atoms with E-state index < -0.39 is 5.97 Å². The molecule has 92 valence electrons. The van der Waals surface area contributed by atoms with Crippen LogP contribution in [0.3, 0.4) is 0 Å². The Balaban J connectivity index is 2.12. The van der Waals surface area contributed by atoms with Crippen molar-refractivity contribution in [1.29, 1.82) is 0 Å². The van der Waals surface area contributed by atoms with E-state index in [1.807, 2.05) is 0 Å². The predicted molar refractivity (Wildman–Crippen MR) is 61.0 cm³/mol. The molecule has 16 heavy (non-hydrogen) atoms. The monoisotopic (exact) mass is 227 g/mol. The smallest absolute Gasteiger partial charge is 0.303 e. The first kappa shape index (κ1) is 13.0. The van der Waals surface area contributed by atoms with Gasteiger partial charge in [-0.1, -0.05) is 13.8 Å². The molecule has 4 heteroatoms. The van der Waals surface area contributed by atoms with Gasteiger partial charge < -0.3 is 10.4 Å². The van der Waals surface area contributed by atoms with Crippen LogP contribution in [0, 0.1) is 11.3 Å². The molecule has 0 aromatic carbocycles. The highest BCUT2D eigenvalue weighted by atomic mass is 16.4. The topological polar surface area (TPSA) is 66.4 Å². The van der Waals surface area contributed by atoms with Gasteiger partial charge in [-0.25, -0.2) is 0 Å². The fourth-order valence-corrected chi connectivity index (χ4v) is 1.82. The van der Waals surface area contributed by atoms with Gasteiger partial charge in [0, 0.05) is 19.4 Å². The van der Waals surface area contributed by atoms with Crippen LogP contribution in [0.15, 0.2) is 0 Å². The van der Waals surface area contributed by atoms with E-state index in [0.29, 0.717) is 19.4 Å². The quantitative estimate of drug-likeness (QED) is 0.697. The van der Waals surface area contributed by atoms with E-state index in [4.69, 9.17) is 5.11 Å². The van der Waals surface area contributed by atoms with Crippen molar-refractivity contribution >= 4 is 11.9 Å². The lowest BCUT2D eigenvalue weighted by atomic mass is 9.87. The second kappa shape index (κ2) is 5.32. The van der Waals surface area contributed by atoms with Crippen LogP contribution >= 0.6 is 0 Å². The third-order valence-electron chi connectivity index (χ3n) is 3.22. The zero-order valence-electron chi connectivity index (χ0n) is 10.1. The van der Waals surface area contributed by atoms with Gasteiger partial charge in [0.1, 0.15) is 0 Å². The number of hydrogen-bond donors (Lipinski definition) is 2. The van der Waals surface area contributed by atoms with Gasteiger partial charge in [-0.05, 0) is 30.6 Å². The van der Waals surface area contributed by atoms with E-state index in [2.05, 4.69) is 19.2 Å². The zero-order valence-corrected chi connectivity index (χ0v) is 10.1. The van der Waals surface area contributed by atoms with Crippen LogP contribution in [-0.2, 0) is 9.59 Å². The number of amides is 1. The molecule has 0 spiro atoms. The molecule has 0 atom stereocenters. The molecule has 0 heterocycles. The van der Waals surface area contributed by atoms with E-state index >= 15 is 0 Å². The van der Waals surface area contributed by atoms with Crippen LogP contribution in [0.25, 0.3) is 0 Å². The molecule has 1 amide bonds. The molecule has 1 aliphatic carbocycles. The Bertz CT molecular complexity index is 269. The summed E-state index contributed by atoms with van der Waals surface area (Å²) in [5.74, 6) is -0.132. The van der Waals surface area contributed by atoms with Crippen molar-refractivity contribution in [3.8, 4) is 0 Å². The lowest BCUT2D eigenvalue weighted by Crippen LogP contribution is -2.35. The van der Waals surface area contributed by atoms with Crippen LogP contribution in [-0.4, -0.2) is 23.5 Å². The van der Waals surface area contributed by atoms with Crippen LogP contribution in [0.1, 0.15) is 46.0 Å². The summed E-state index contributed by atoms with van der Waals surface area (Å²) in [7, 11) is 0. The second-order valence-corrected chi connectivity index (χ2v) is 5.29. The third kappa shape index (κ3) is 4.64. The molecule has 0 unspecified atom stereocenters. The van der Waals surface area contributed by atoms with Crippen LogP contribution < -0.4 is 5.32 Å². The first-order chi connectivity index (χ1) is 7.42. The summed E-state index contributed by atoms with van der Waals surface area (Å²) in [6, 6.07) is 0. The van der Waals surface area contributed by atoms with Crippen molar-refractivity contribution in [3.05, 3.63) is 0 Å². The molecule has 0 aromatic rings. The van der Waals surface area contributed by atoms with Gasteiger partial charge in [-0.3, -0.25) is 9.59 Å². The molecule has 2 N–H and O–H groups in total. The molecule has 1 saturated carbocycles. The SMILES string of the molecule is CC(C)(CNC(=O)CCCC(=O)O)C1CC1. The van der Waals surface area contributed by atoms with Gasteiger partial charge in [0.25, 0.3) is 0 Å². The van der Waals surface area contributed by atoms with Crippen LogP contribution in [0.4, 0.5) is 0 Å². The normalized spacial score (nSPS) is 15.9. The van der Waals surface area contributed by atoms with Gasteiger partial charge in [0.15, 0.2) is 0 Å². The molecular formula is C12H21NO3. The highest BCUT2D eigenvalue weighted by Gasteiger charge is 2.37. The number of hydrogen-bond acceptors (Lipinski definition) is 2. The third-order valence-corrected chi connectivity index (χ3v) is 3.22. The number of carboxylic acid groups (broad SMARTS) is 1. The summed E-state index contributed by atoms with van der Waals surface area (Å²) in [4.78, 5) is 21.7. The van der Waals surface area contributed by atoms with Gasteiger partial charge in [0.05, 0.1) is 0 Å². The molecule has 0 bridgehead atoms. The van der Waals surface area contributed by atoms with Crippen LogP contribution in [0.2, 0.25) is 0 Å². The minimum atomic E-state index is -0.842. The fourth-order valence-electron chi connectivity index (χ4n) is 1.82. The Morgan fingerprint density at radius 2 is 1.94 bits per heavy atom. The Morgan fingerprint density at radius 1 is 1.31 bits per heavy atom. The lowest BCUT2D eigenvalue weighted by molar-refractivity contribution is -0.137. The summed E-state index contributed by atoms with van der Waals surface area (Å²) in [5, 5.41) is 11.3. The molecule has 4 nitrogen and oxygen atoms in total. The van der Waals surface area contributed by atoms with Gasteiger partial charge in [-0.15, -0.1) is 0 Å². The standard InChI is InChI=1S/C12H21NO3/c1-12(2,9-6-7-9)8-13-10(14)4-3-5-11(15)16/h9H,3-8H2,1-2H3,(H,13,14)(H,15,16). The second-order valence-electron chi connectivity index (χ2n) is 5.29. The number of aliphatic carboxylic acids is 1. The first-order valence-electron chi connectivity index (χ1n) is 5.90. The van der Waals surface area contributed by atoms with Crippen LogP contribution in [0.5, 0.6) is 0 Å².